The smallest absolute Gasteiger partial charge is 0.280 e. The van der Waals surface area contributed by atoms with Crippen molar-refractivity contribution < 1.29 is 4.79 Å². The molecule has 0 aromatic carbocycles. The van der Waals surface area contributed by atoms with E-state index < -0.39 is 0 Å². The van der Waals surface area contributed by atoms with Gasteiger partial charge in [-0.3, -0.25) is 0 Å². The maximum absolute atomic E-state index is 10.6. The zero-order valence-corrected chi connectivity index (χ0v) is 5.48. The van der Waals surface area contributed by atoms with Gasteiger partial charge in [0.2, 0.25) is 0 Å². The van der Waals surface area contributed by atoms with E-state index in [9.17, 15) is 4.79 Å². The highest BCUT2D eigenvalue weighted by atomic mass is 16.1. The van der Waals surface area contributed by atoms with E-state index in [-0.39, 0.29) is 19.0 Å². The summed E-state index contributed by atoms with van der Waals surface area (Å²) in [7, 11) is 0.189. The molecule has 1 atom stereocenters. The van der Waals surface area contributed by atoms with Gasteiger partial charge in [-0.05, 0) is 6.42 Å². The van der Waals surface area contributed by atoms with Crippen LogP contribution >= 0.6 is 0 Å². The zero-order chi connectivity index (χ0) is 6.57. The van der Waals surface area contributed by atoms with E-state index in [4.69, 9.17) is 5.64 Å². The van der Waals surface area contributed by atoms with Gasteiger partial charge in [-0.2, -0.15) is 0 Å². The van der Waals surface area contributed by atoms with Crippen LogP contribution in [-0.2, 0) is 4.79 Å². The van der Waals surface area contributed by atoms with Crippen molar-refractivity contribution in [3.05, 3.63) is 0 Å². The van der Waals surface area contributed by atoms with Crippen LogP contribution in [0.2, 0.25) is 0 Å². The monoisotopic (exact) mass is 113 g/mol. The molecule has 0 rings (SSSR count). The Balaban J connectivity index is 3.46. The Bertz CT molecular complexity index is 84.5. The number of carbonyl (C=O) groups excluding carboxylic acids is 1. The maximum atomic E-state index is 10.6. The van der Waals surface area contributed by atoms with Crippen LogP contribution in [0.1, 0.15) is 20.3 Å². The van der Waals surface area contributed by atoms with E-state index in [2.05, 4.69) is 0 Å². The van der Waals surface area contributed by atoms with Gasteiger partial charge in [0.1, 0.15) is 5.68 Å². The van der Waals surface area contributed by atoms with Crippen LogP contribution in [0.4, 0.5) is 0 Å². The first-order valence-electron chi connectivity index (χ1n) is 2.95. The molecule has 0 saturated heterocycles. The Labute approximate surface area is 50.7 Å². The molecule has 0 amide bonds. The highest BCUT2D eigenvalue weighted by molar-refractivity contribution is 6.71. The Hall–Kier alpha value is -0.305. The third-order valence-corrected chi connectivity index (χ3v) is 1.36. The van der Waals surface area contributed by atoms with Crippen molar-refractivity contribution in [1.82, 2.24) is 0 Å². The molecule has 0 aliphatic carbocycles. The first-order chi connectivity index (χ1) is 3.72. The van der Waals surface area contributed by atoms with Crippen LogP contribution in [-0.4, -0.2) is 13.1 Å². The highest BCUT2D eigenvalue weighted by Gasteiger charge is 2.07. The average molecular weight is 113 g/mol. The second-order valence-corrected chi connectivity index (χ2v) is 1.98. The highest BCUT2D eigenvalue weighted by Crippen LogP contribution is 1.98. The summed E-state index contributed by atoms with van der Waals surface area (Å²) in [5.41, 5.74) is 5.26. The molecule has 2 nitrogen and oxygen atoms in total. The van der Waals surface area contributed by atoms with Crippen molar-refractivity contribution in [2.24, 2.45) is 11.6 Å². The summed E-state index contributed by atoms with van der Waals surface area (Å²) in [6.45, 7) is 3.88. The van der Waals surface area contributed by atoms with Crippen molar-refractivity contribution in [2.75, 3.05) is 0 Å². The fourth-order valence-corrected chi connectivity index (χ4v) is 0.429. The molecular formula is C5H12BNO. The number of carbonyl (C=O) groups is 1. The first-order valence-corrected chi connectivity index (χ1v) is 2.95. The van der Waals surface area contributed by atoms with Crippen LogP contribution in [0.15, 0.2) is 0 Å². The Morgan fingerprint density at radius 3 is 2.50 bits per heavy atom. The Morgan fingerprint density at radius 2 is 2.38 bits per heavy atom. The lowest BCUT2D eigenvalue weighted by atomic mass is 9.80. The summed E-state index contributed by atoms with van der Waals surface area (Å²) >= 11 is 0. The van der Waals surface area contributed by atoms with Gasteiger partial charge in [0.05, 0.1) is 0 Å². The van der Waals surface area contributed by atoms with Gasteiger partial charge in [0, 0.05) is 5.92 Å². The van der Waals surface area contributed by atoms with Gasteiger partial charge in [0.25, 0.3) is 7.41 Å². The normalized spacial score (nSPS) is 12.9. The van der Waals surface area contributed by atoms with E-state index in [1.807, 2.05) is 13.8 Å². The van der Waals surface area contributed by atoms with Crippen molar-refractivity contribution in [1.29, 1.82) is 0 Å². The van der Waals surface area contributed by atoms with Crippen LogP contribution in [0, 0.1) is 5.92 Å². The van der Waals surface area contributed by atoms with Crippen LogP contribution in [0.5, 0.6) is 0 Å². The molecule has 46 valence electrons. The molecule has 0 aromatic rings. The van der Waals surface area contributed by atoms with Gasteiger partial charge in [-0.25, -0.2) is 0 Å². The van der Waals surface area contributed by atoms with Gasteiger partial charge in [0.15, 0.2) is 0 Å². The summed E-state index contributed by atoms with van der Waals surface area (Å²) in [6, 6.07) is 0. The molecule has 0 spiro atoms. The minimum absolute atomic E-state index is 0.153. The molecule has 0 saturated carbocycles. The minimum atomic E-state index is 0.153. The molecule has 0 aromatic heterocycles. The standard InChI is InChI=1S/C5H12BNO/c1-3-4(2)5(8)6-7/h4,6H,3,7H2,1-2H3. The van der Waals surface area contributed by atoms with E-state index >= 15 is 0 Å². The van der Waals surface area contributed by atoms with Gasteiger partial charge in [-0.15, -0.1) is 0 Å². The third-order valence-electron chi connectivity index (χ3n) is 1.36. The Morgan fingerprint density at radius 1 is 1.88 bits per heavy atom. The molecule has 0 fully saturated rings. The average Bonchev–Trinajstić information content (AvgIpc) is 1.84. The predicted molar refractivity (Wildman–Crippen MR) is 35.8 cm³/mol. The van der Waals surface area contributed by atoms with Gasteiger partial charge < -0.3 is 10.4 Å². The quantitative estimate of drug-likeness (QED) is 0.518. The fraction of sp³-hybridized carbons (Fsp3) is 0.800. The van der Waals surface area contributed by atoms with E-state index in [1.54, 1.807) is 0 Å². The summed E-state index contributed by atoms with van der Waals surface area (Å²) in [5, 5.41) is 0. The lowest BCUT2D eigenvalue weighted by Crippen LogP contribution is -2.24. The number of rotatable bonds is 3. The minimum Gasteiger partial charge on any atom is -0.366 e. The van der Waals surface area contributed by atoms with Crippen molar-refractivity contribution >= 4 is 13.1 Å². The van der Waals surface area contributed by atoms with Gasteiger partial charge in [-0.1, -0.05) is 13.8 Å². The Kier molecular flexibility index (Phi) is 3.53. The number of hydrogen-bond donors (Lipinski definition) is 1. The first kappa shape index (κ1) is 7.69. The molecule has 0 aliphatic rings. The summed E-state index contributed by atoms with van der Waals surface area (Å²) in [6.07, 6.45) is 0.899. The molecular weight excluding hydrogens is 101 g/mol. The lowest BCUT2D eigenvalue weighted by Gasteiger charge is -2.01. The van der Waals surface area contributed by atoms with E-state index in [0.717, 1.165) is 6.42 Å². The van der Waals surface area contributed by atoms with E-state index in [0.29, 0.717) is 0 Å². The van der Waals surface area contributed by atoms with Crippen molar-refractivity contribution in [3.63, 3.8) is 0 Å². The molecule has 0 heterocycles. The molecule has 0 bridgehead atoms. The van der Waals surface area contributed by atoms with E-state index in [1.165, 1.54) is 0 Å². The number of hydrogen-bond acceptors (Lipinski definition) is 2. The lowest BCUT2D eigenvalue weighted by molar-refractivity contribution is -0.115. The molecule has 0 radical (unpaired) electrons. The van der Waals surface area contributed by atoms with Crippen molar-refractivity contribution in [3.8, 4) is 0 Å². The van der Waals surface area contributed by atoms with Crippen molar-refractivity contribution in [2.45, 2.75) is 20.3 Å². The van der Waals surface area contributed by atoms with Gasteiger partial charge >= 0.3 is 0 Å². The SMILES string of the molecule is CCC(C)C(=O)BN. The maximum Gasteiger partial charge on any atom is 0.280 e. The zero-order valence-electron chi connectivity index (χ0n) is 5.48. The summed E-state index contributed by atoms with van der Waals surface area (Å²) in [4.78, 5) is 10.6. The molecule has 8 heavy (non-hydrogen) atoms. The number of nitrogens with two attached hydrogens (primary N) is 1. The van der Waals surface area contributed by atoms with Crippen LogP contribution in [0.25, 0.3) is 0 Å². The molecule has 3 heteroatoms. The van der Waals surface area contributed by atoms with Crippen LogP contribution in [0.3, 0.4) is 0 Å². The molecule has 2 N–H and O–H groups in total. The molecule has 1 unspecified atom stereocenters. The largest absolute Gasteiger partial charge is 0.366 e. The van der Waals surface area contributed by atoms with Crippen LogP contribution < -0.4 is 5.64 Å². The predicted octanol–water partition coefficient (Wildman–Crippen LogP) is -0.131. The fourth-order valence-electron chi connectivity index (χ4n) is 0.429. The second-order valence-electron chi connectivity index (χ2n) is 1.98. The molecule has 0 aliphatic heterocycles. The summed E-state index contributed by atoms with van der Waals surface area (Å²) < 4.78 is 0. The second kappa shape index (κ2) is 3.67. The topological polar surface area (TPSA) is 43.1 Å². The summed E-state index contributed by atoms with van der Waals surface area (Å²) in [5.74, 6) is 0.153. The third kappa shape index (κ3) is 2.12.